The average molecular weight is 427 g/mol. The normalized spacial score (nSPS) is 14.6. The topological polar surface area (TPSA) is 59.9 Å². The Balaban J connectivity index is 1.81. The number of hydrogen-bond acceptors (Lipinski definition) is 7. The Bertz CT molecular complexity index is 1130. The highest BCUT2D eigenvalue weighted by molar-refractivity contribution is 7.68. The quantitative estimate of drug-likeness (QED) is 0.439. The van der Waals surface area contributed by atoms with E-state index >= 15 is 0 Å². The van der Waals surface area contributed by atoms with Gasteiger partial charge in [0, 0.05) is 16.8 Å². The molecule has 0 bridgehead atoms. The fraction of sp³-hybridized carbons (Fsp3) is 0.273. The number of anilines is 1. The van der Waals surface area contributed by atoms with Crippen LogP contribution >= 0.6 is 20.7 Å². The average Bonchev–Trinajstić information content (AvgIpc) is 3.13. The van der Waals surface area contributed by atoms with Gasteiger partial charge in [0.05, 0.1) is 35.4 Å². The van der Waals surface area contributed by atoms with Gasteiger partial charge in [-0.25, -0.2) is 9.79 Å². The third-order valence-electron chi connectivity index (χ3n) is 4.76. The summed E-state index contributed by atoms with van der Waals surface area (Å²) < 4.78 is 11.4. The minimum atomic E-state index is -0.316. The number of esters is 1. The minimum Gasteiger partial charge on any atom is -0.497 e. The molecule has 0 amide bonds. The number of benzene rings is 2. The Morgan fingerprint density at radius 3 is 2.59 bits per heavy atom. The van der Waals surface area contributed by atoms with Crippen LogP contribution in [0.5, 0.6) is 5.75 Å². The first-order chi connectivity index (χ1) is 13.9. The van der Waals surface area contributed by atoms with Gasteiger partial charge in [0.1, 0.15) is 10.4 Å². The summed E-state index contributed by atoms with van der Waals surface area (Å²) in [6.07, 6.45) is 0. The number of rotatable bonds is 4. The maximum absolute atomic E-state index is 11.9. The molecule has 1 aromatic heterocycles. The maximum Gasteiger partial charge on any atom is 0.338 e. The van der Waals surface area contributed by atoms with Gasteiger partial charge in [-0.15, -0.1) is 0 Å². The van der Waals surface area contributed by atoms with E-state index in [0.717, 1.165) is 32.9 Å². The highest BCUT2D eigenvalue weighted by Crippen LogP contribution is 2.46. The molecule has 0 saturated heterocycles. The monoisotopic (exact) mass is 426 g/mol. The molecule has 4 rings (SSSR count). The molecular formula is C22H22N2O3S2. The lowest BCUT2D eigenvalue weighted by molar-refractivity contribution is 0.0526. The second kappa shape index (κ2) is 7.65. The van der Waals surface area contributed by atoms with Gasteiger partial charge in [-0.05, 0) is 63.2 Å². The number of fused-ring (bicyclic) bond motifs is 3. The van der Waals surface area contributed by atoms with Crippen molar-refractivity contribution in [1.82, 2.24) is 0 Å². The molecule has 0 unspecified atom stereocenters. The molecule has 0 spiro atoms. The largest absolute Gasteiger partial charge is 0.497 e. The van der Waals surface area contributed by atoms with E-state index in [1.165, 1.54) is 4.88 Å². The van der Waals surface area contributed by atoms with Gasteiger partial charge >= 0.3 is 5.97 Å². The van der Waals surface area contributed by atoms with Crippen molar-refractivity contribution in [3.05, 3.63) is 57.6 Å². The number of hydrogen-bond donors (Lipinski definition) is 1. The van der Waals surface area contributed by atoms with Gasteiger partial charge in [-0.3, -0.25) is 0 Å². The van der Waals surface area contributed by atoms with E-state index in [4.69, 9.17) is 14.5 Å². The van der Waals surface area contributed by atoms with Gasteiger partial charge in [-0.2, -0.15) is 0 Å². The van der Waals surface area contributed by atoms with Crippen molar-refractivity contribution >= 4 is 38.0 Å². The minimum absolute atomic E-state index is 0.181. The van der Waals surface area contributed by atoms with Crippen LogP contribution in [0.1, 0.15) is 36.0 Å². The molecule has 1 aliphatic heterocycles. The van der Waals surface area contributed by atoms with Gasteiger partial charge in [0.25, 0.3) is 0 Å². The zero-order valence-corrected chi connectivity index (χ0v) is 18.4. The van der Waals surface area contributed by atoms with Crippen molar-refractivity contribution in [3.8, 4) is 16.9 Å². The van der Waals surface area contributed by atoms with Gasteiger partial charge < -0.3 is 14.8 Å². The van der Waals surface area contributed by atoms with Crippen molar-refractivity contribution in [2.45, 2.75) is 26.3 Å². The summed E-state index contributed by atoms with van der Waals surface area (Å²) in [5, 5.41) is 3.62. The molecule has 1 aliphatic rings. The summed E-state index contributed by atoms with van der Waals surface area (Å²) in [7, 11) is 5.08. The van der Waals surface area contributed by atoms with Crippen LogP contribution in [0.4, 0.5) is 11.4 Å². The molecule has 7 heteroatoms. The van der Waals surface area contributed by atoms with Crippen LogP contribution in [0.15, 0.2) is 47.5 Å². The summed E-state index contributed by atoms with van der Waals surface area (Å²) >= 11 is 0. The van der Waals surface area contributed by atoms with Crippen molar-refractivity contribution < 1.29 is 14.3 Å². The molecule has 0 atom stereocenters. The summed E-state index contributed by atoms with van der Waals surface area (Å²) in [5.41, 5.74) is 4.46. The molecule has 0 radical (unpaired) electrons. The van der Waals surface area contributed by atoms with Gasteiger partial charge in [0.2, 0.25) is 0 Å². The lowest BCUT2D eigenvalue weighted by atomic mass is 9.90. The standard InChI is InChI=1S/C22H22N2O3S2/c1-5-27-21(25)13-6-8-14(9-7-13)23-20-18-16-12-15(26-4)10-11-17(16)24-22(2,3)19(18)28-29-20/h6-12,24H,5H2,1-4H3. The first-order valence-corrected chi connectivity index (χ1v) is 11.5. The highest BCUT2D eigenvalue weighted by Gasteiger charge is 2.33. The van der Waals surface area contributed by atoms with E-state index in [0.29, 0.717) is 12.2 Å². The maximum atomic E-state index is 11.9. The van der Waals surface area contributed by atoms with Crippen LogP contribution in [0, 0.1) is 0 Å². The summed E-state index contributed by atoms with van der Waals surface area (Å²) in [6, 6.07) is 13.3. The van der Waals surface area contributed by atoms with Gasteiger partial charge in [-0.1, -0.05) is 20.7 Å². The molecule has 3 aromatic rings. The lowest BCUT2D eigenvalue weighted by Crippen LogP contribution is -2.31. The molecule has 2 heterocycles. The summed E-state index contributed by atoms with van der Waals surface area (Å²) in [6.45, 7) is 6.52. The first-order valence-electron chi connectivity index (χ1n) is 9.35. The van der Waals surface area contributed by atoms with Crippen molar-refractivity contribution in [2.24, 2.45) is 4.99 Å². The second-order valence-corrected chi connectivity index (χ2v) is 9.34. The van der Waals surface area contributed by atoms with E-state index in [9.17, 15) is 4.79 Å². The van der Waals surface area contributed by atoms with Crippen molar-refractivity contribution in [2.75, 3.05) is 19.0 Å². The summed E-state index contributed by atoms with van der Waals surface area (Å²) in [5.74, 6) is 0.501. The predicted octanol–water partition coefficient (Wildman–Crippen LogP) is 5.55. The van der Waals surface area contributed by atoms with Crippen LogP contribution in [-0.4, -0.2) is 19.7 Å². The number of carbonyl (C=O) groups excluding carboxylic acids is 1. The number of carbonyl (C=O) groups is 1. The molecule has 2 aromatic carbocycles. The van der Waals surface area contributed by atoms with Crippen molar-refractivity contribution in [1.29, 1.82) is 0 Å². The molecule has 1 N–H and O–H groups in total. The number of nitrogens with one attached hydrogen (secondary N) is 1. The van der Waals surface area contributed by atoms with E-state index in [1.54, 1.807) is 46.8 Å². The Morgan fingerprint density at radius 1 is 1.14 bits per heavy atom. The van der Waals surface area contributed by atoms with Crippen LogP contribution < -0.4 is 14.7 Å². The predicted molar refractivity (Wildman–Crippen MR) is 118 cm³/mol. The van der Waals surface area contributed by atoms with E-state index < -0.39 is 0 Å². The fourth-order valence-corrected chi connectivity index (χ4v) is 6.29. The lowest BCUT2D eigenvalue weighted by Gasteiger charge is -2.33. The van der Waals surface area contributed by atoms with Crippen molar-refractivity contribution in [3.63, 3.8) is 0 Å². The second-order valence-electron chi connectivity index (χ2n) is 7.22. The fourth-order valence-electron chi connectivity index (χ4n) is 3.35. The number of nitrogens with zero attached hydrogens (tertiary/aromatic N) is 1. The van der Waals surface area contributed by atoms with E-state index in [-0.39, 0.29) is 11.5 Å². The Morgan fingerprint density at radius 2 is 1.90 bits per heavy atom. The Hall–Kier alpha value is -2.64. The first kappa shape index (κ1) is 19.7. The third kappa shape index (κ3) is 3.68. The third-order valence-corrected chi connectivity index (χ3v) is 7.41. The Kier molecular flexibility index (Phi) is 5.19. The molecule has 5 nitrogen and oxygen atoms in total. The number of methoxy groups -OCH3 is 1. The zero-order valence-electron chi connectivity index (χ0n) is 16.7. The number of ether oxygens (including phenoxy) is 2. The highest BCUT2D eigenvalue weighted by atomic mass is 32.9. The van der Waals surface area contributed by atoms with Gasteiger partial charge in [0.15, 0.2) is 0 Å². The van der Waals surface area contributed by atoms with Crippen LogP contribution in [0.2, 0.25) is 0 Å². The molecular weight excluding hydrogens is 404 g/mol. The molecule has 29 heavy (non-hydrogen) atoms. The molecule has 0 saturated carbocycles. The summed E-state index contributed by atoms with van der Waals surface area (Å²) in [4.78, 5) is 18.0. The molecule has 0 aliphatic carbocycles. The van der Waals surface area contributed by atoms with E-state index in [1.807, 2.05) is 18.2 Å². The van der Waals surface area contributed by atoms with Crippen LogP contribution in [0.3, 0.4) is 0 Å². The zero-order chi connectivity index (χ0) is 20.6. The SMILES string of the molecule is CCOC(=O)c1ccc(N=c2ssc3c2-c2cc(OC)ccc2NC3(C)C)cc1. The smallest absolute Gasteiger partial charge is 0.338 e. The molecule has 150 valence electrons. The van der Waals surface area contributed by atoms with E-state index in [2.05, 4.69) is 31.3 Å². The Labute approximate surface area is 177 Å². The van der Waals surface area contributed by atoms with Crippen LogP contribution in [-0.2, 0) is 10.3 Å². The van der Waals surface area contributed by atoms with Crippen LogP contribution in [0.25, 0.3) is 11.1 Å². The molecule has 0 fully saturated rings.